The smallest absolute Gasteiger partial charge is 0.309 e. The van der Waals surface area contributed by atoms with E-state index in [9.17, 15) is 14.7 Å². The fourth-order valence-electron chi connectivity index (χ4n) is 6.24. The highest BCUT2D eigenvalue weighted by Crippen LogP contribution is 2.51. The third-order valence-electron chi connectivity index (χ3n) is 8.17. The number of carboxylic acid groups (broad SMARTS) is 1. The molecule has 1 amide bonds. The summed E-state index contributed by atoms with van der Waals surface area (Å²) < 4.78 is 17.1. The normalized spacial score (nSPS) is 19.7. The molecular formula is C33H38N2O6. The molecule has 1 fully saturated rings. The average molecular weight is 559 g/mol. The lowest BCUT2D eigenvalue weighted by molar-refractivity contribution is -0.144. The molecule has 8 nitrogen and oxygen atoms in total. The molecule has 2 heterocycles. The van der Waals surface area contributed by atoms with Crippen molar-refractivity contribution in [3.8, 4) is 17.2 Å². The van der Waals surface area contributed by atoms with Gasteiger partial charge in [-0.25, -0.2) is 0 Å². The number of hydrogen-bond acceptors (Lipinski definition) is 6. The highest BCUT2D eigenvalue weighted by Gasteiger charge is 2.55. The van der Waals surface area contributed by atoms with E-state index in [1.807, 2.05) is 72.5 Å². The van der Waals surface area contributed by atoms with Crippen LogP contribution in [0.2, 0.25) is 0 Å². The molecule has 216 valence electrons. The fraction of sp³-hybridized carbons (Fsp3) is 0.394. The molecular weight excluding hydrogens is 520 g/mol. The summed E-state index contributed by atoms with van der Waals surface area (Å²) in [6.07, 6.45) is 2.86. The summed E-state index contributed by atoms with van der Waals surface area (Å²) in [5.74, 6) is 0.00143. The molecule has 2 unspecified atom stereocenters. The minimum absolute atomic E-state index is 0.0213. The first-order valence-electron chi connectivity index (χ1n) is 14.4. The van der Waals surface area contributed by atoms with Gasteiger partial charge in [0.2, 0.25) is 12.7 Å². The second-order valence-electron chi connectivity index (χ2n) is 10.5. The van der Waals surface area contributed by atoms with E-state index in [-0.39, 0.29) is 19.2 Å². The van der Waals surface area contributed by atoms with Crippen molar-refractivity contribution in [1.29, 1.82) is 0 Å². The number of carbonyl (C=O) groups excluding carboxylic acids is 1. The predicted molar refractivity (Wildman–Crippen MR) is 157 cm³/mol. The van der Waals surface area contributed by atoms with Crippen molar-refractivity contribution >= 4 is 17.6 Å². The van der Waals surface area contributed by atoms with Gasteiger partial charge >= 0.3 is 5.97 Å². The third kappa shape index (κ3) is 5.36. The van der Waals surface area contributed by atoms with Crippen molar-refractivity contribution in [1.82, 2.24) is 4.90 Å². The van der Waals surface area contributed by atoms with E-state index in [0.29, 0.717) is 36.8 Å². The maximum absolute atomic E-state index is 13.7. The molecule has 1 saturated heterocycles. The van der Waals surface area contributed by atoms with Crippen LogP contribution >= 0.6 is 0 Å². The number of likely N-dealkylation sites (tertiary alicyclic amines) is 1. The van der Waals surface area contributed by atoms with Crippen LogP contribution in [0.25, 0.3) is 0 Å². The van der Waals surface area contributed by atoms with Gasteiger partial charge in [-0.15, -0.1) is 0 Å². The quantitative estimate of drug-likeness (QED) is 0.315. The van der Waals surface area contributed by atoms with Gasteiger partial charge in [-0.1, -0.05) is 57.2 Å². The Morgan fingerprint density at radius 2 is 1.66 bits per heavy atom. The van der Waals surface area contributed by atoms with Crippen LogP contribution in [0.4, 0.5) is 5.69 Å². The molecule has 0 aliphatic carbocycles. The number of anilines is 1. The number of ether oxygens (including phenoxy) is 3. The van der Waals surface area contributed by atoms with Crippen LogP contribution in [0.5, 0.6) is 17.2 Å². The maximum Gasteiger partial charge on any atom is 0.309 e. The number of hydrogen-bond donors (Lipinski definition) is 2. The molecule has 5 rings (SSSR count). The van der Waals surface area contributed by atoms with Crippen molar-refractivity contribution in [3.05, 3.63) is 82.9 Å². The summed E-state index contributed by atoms with van der Waals surface area (Å²) in [6.45, 7) is 7.35. The van der Waals surface area contributed by atoms with Crippen LogP contribution in [-0.4, -0.2) is 48.4 Å². The van der Waals surface area contributed by atoms with E-state index in [0.717, 1.165) is 47.2 Å². The van der Waals surface area contributed by atoms with Gasteiger partial charge in [-0.05, 0) is 72.2 Å². The van der Waals surface area contributed by atoms with Gasteiger partial charge in [0, 0.05) is 12.2 Å². The van der Waals surface area contributed by atoms with E-state index < -0.39 is 17.4 Å². The van der Waals surface area contributed by atoms with Crippen LogP contribution in [0.1, 0.15) is 55.9 Å². The van der Waals surface area contributed by atoms with Crippen molar-refractivity contribution in [3.63, 3.8) is 0 Å². The van der Waals surface area contributed by atoms with E-state index in [2.05, 4.69) is 19.2 Å². The maximum atomic E-state index is 13.7. The summed E-state index contributed by atoms with van der Waals surface area (Å²) in [4.78, 5) is 28.6. The van der Waals surface area contributed by atoms with Crippen LogP contribution in [-0.2, 0) is 28.0 Å². The number of para-hydroxylation sites is 1. The topological polar surface area (TPSA) is 97.3 Å². The summed E-state index contributed by atoms with van der Waals surface area (Å²) in [5.41, 5.74) is 3.40. The van der Waals surface area contributed by atoms with Gasteiger partial charge in [-0.3, -0.25) is 14.5 Å². The Hall–Kier alpha value is -4.04. The van der Waals surface area contributed by atoms with Gasteiger partial charge in [0.05, 0.1) is 24.6 Å². The minimum atomic E-state index is -1.12. The Kier molecular flexibility index (Phi) is 8.49. The Bertz CT molecular complexity index is 1380. The highest BCUT2D eigenvalue weighted by atomic mass is 16.7. The second-order valence-corrected chi connectivity index (χ2v) is 10.5. The predicted octanol–water partition coefficient (Wildman–Crippen LogP) is 5.62. The molecule has 0 saturated carbocycles. The van der Waals surface area contributed by atoms with Crippen LogP contribution < -0.4 is 19.5 Å². The molecule has 8 heteroatoms. The lowest BCUT2D eigenvalue weighted by atomic mass is 9.73. The van der Waals surface area contributed by atoms with E-state index in [1.54, 1.807) is 0 Å². The summed E-state index contributed by atoms with van der Waals surface area (Å²) in [5, 5.41) is 13.7. The number of nitrogens with one attached hydrogen (secondary N) is 1. The molecule has 3 aromatic rings. The Labute approximate surface area is 241 Å². The fourth-order valence-corrected chi connectivity index (χ4v) is 6.24. The molecule has 0 radical (unpaired) electrons. The van der Waals surface area contributed by atoms with E-state index in [4.69, 9.17) is 14.2 Å². The molecule has 2 aliphatic rings. The number of fused-ring (bicyclic) bond motifs is 1. The Morgan fingerprint density at radius 1 is 0.976 bits per heavy atom. The van der Waals surface area contributed by atoms with E-state index >= 15 is 0 Å². The highest BCUT2D eigenvalue weighted by molar-refractivity contribution is 5.94. The monoisotopic (exact) mass is 558 g/mol. The third-order valence-corrected chi connectivity index (χ3v) is 8.17. The zero-order valence-electron chi connectivity index (χ0n) is 23.9. The molecule has 0 aromatic heterocycles. The summed E-state index contributed by atoms with van der Waals surface area (Å²) in [6, 6.07) is 19.2. The van der Waals surface area contributed by atoms with Gasteiger partial charge in [0.25, 0.3) is 0 Å². The van der Waals surface area contributed by atoms with Crippen LogP contribution in [0.15, 0.2) is 60.7 Å². The first-order valence-corrected chi connectivity index (χ1v) is 14.4. The Balaban J connectivity index is 1.58. The summed E-state index contributed by atoms with van der Waals surface area (Å²) >= 11 is 0. The van der Waals surface area contributed by atoms with Crippen molar-refractivity contribution < 1.29 is 28.9 Å². The number of benzene rings is 3. The lowest BCUT2D eigenvalue weighted by Gasteiger charge is -2.42. The van der Waals surface area contributed by atoms with Crippen molar-refractivity contribution in [2.24, 2.45) is 5.92 Å². The Morgan fingerprint density at radius 3 is 2.32 bits per heavy atom. The van der Waals surface area contributed by atoms with Crippen LogP contribution in [0, 0.1) is 5.92 Å². The number of rotatable bonds is 11. The SMILES string of the molecule is CCCOc1ccc(C2(c3ccc4c(c3)OCO4)C(C(=O)O)CCN2CC(=O)Nc2c(CC)cccc2CC)cc1. The molecule has 2 aliphatic heterocycles. The molecule has 0 spiro atoms. The van der Waals surface area contributed by atoms with E-state index in [1.165, 1.54) is 0 Å². The average Bonchev–Trinajstić information content (AvgIpc) is 3.61. The van der Waals surface area contributed by atoms with Crippen molar-refractivity contribution in [2.45, 2.75) is 52.0 Å². The molecule has 2 atom stereocenters. The number of aryl methyl sites for hydroxylation is 2. The number of amides is 1. The lowest BCUT2D eigenvalue weighted by Crippen LogP contribution is -2.50. The van der Waals surface area contributed by atoms with Crippen LogP contribution in [0.3, 0.4) is 0 Å². The van der Waals surface area contributed by atoms with Gasteiger partial charge < -0.3 is 24.6 Å². The van der Waals surface area contributed by atoms with Crippen molar-refractivity contribution in [2.75, 3.05) is 31.8 Å². The minimum Gasteiger partial charge on any atom is -0.494 e. The number of carbonyl (C=O) groups is 2. The number of aliphatic carboxylic acids is 1. The van der Waals surface area contributed by atoms with Gasteiger partial charge in [0.15, 0.2) is 11.5 Å². The van der Waals surface area contributed by atoms with Gasteiger partial charge in [0.1, 0.15) is 5.75 Å². The first-order chi connectivity index (χ1) is 19.9. The standard InChI is InChI=1S/C33H38N2O6/c1-4-18-39-26-13-10-24(11-14-26)33(25-12-15-28-29(19-25)41-21-40-28)27(32(37)38)16-17-35(33)20-30(36)34-31-22(5-2)8-7-9-23(31)6-3/h7-15,19,27H,4-6,16-18,20-21H2,1-3H3,(H,34,36)(H,37,38). The first kappa shape index (κ1) is 28.5. The molecule has 2 N–H and O–H groups in total. The second kappa shape index (κ2) is 12.2. The zero-order valence-corrected chi connectivity index (χ0v) is 23.9. The van der Waals surface area contributed by atoms with Gasteiger partial charge in [-0.2, -0.15) is 0 Å². The number of nitrogens with zero attached hydrogens (tertiary/aromatic N) is 1. The number of carboxylic acids is 1. The molecule has 3 aromatic carbocycles. The zero-order chi connectivity index (χ0) is 29.0. The largest absolute Gasteiger partial charge is 0.494 e. The molecule has 0 bridgehead atoms. The summed E-state index contributed by atoms with van der Waals surface area (Å²) in [7, 11) is 0. The molecule has 41 heavy (non-hydrogen) atoms.